The molecule has 0 bridgehead atoms. The van der Waals surface area contributed by atoms with Crippen molar-refractivity contribution in [2.45, 2.75) is 6.10 Å². The van der Waals surface area contributed by atoms with Crippen LogP contribution < -0.4 is 10.1 Å². The Labute approximate surface area is 85.4 Å². The summed E-state index contributed by atoms with van der Waals surface area (Å²) in [5, 5.41) is 12.4. The zero-order valence-electron chi connectivity index (χ0n) is 7.37. The van der Waals surface area contributed by atoms with Crippen molar-refractivity contribution in [1.82, 2.24) is 0 Å². The molecule has 0 saturated heterocycles. The maximum absolute atomic E-state index is 11.2. The number of methoxy groups -OCH3 is 1. The van der Waals surface area contributed by atoms with Crippen LogP contribution in [0.4, 0.5) is 5.69 Å². The second-order valence-corrected chi connectivity index (χ2v) is 3.34. The lowest BCUT2D eigenvalue weighted by molar-refractivity contribution is -0.123. The Morgan fingerprint density at radius 1 is 1.57 bits per heavy atom. The summed E-state index contributed by atoms with van der Waals surface area (Å²) >= 11 is 5.85. The Hall–Kier alpha value is -1.26. The van der Waals surface area contributed by atoms with Gasteiger partial charge >= 0.3 is 0 Å². The second kappa shape index (κ2) is 3.15. The number of hydrogen-bond acceptors (Lipinski definition) is 3. The van der Waals surface area contributed by atoms with E-state index in [1.807, 2.05) is 0 Å². The van der Waals surface area contributed by atoms with Crippen LogP contribution in [-0.2, 0) is 4.79 Å². The third kappa shape index (κ3) is 1.15. The van der Waals surface area contributed by atoms with Crippen LogP contribution in [0.15, 0.2) is 12.1 Å². The monoisotopic (exact) mass is 213 g/mol. The van der Waals surface area contributed by atoms with Gasteiger partial charge in [0, 0.05) is 10.6 Å². The first-order valence-electron chi connectivity index (χ1n) is 4.00. The van der Waals surface area contributed by atoms with Gasteiger partial charge in [0.1, 0.15) is 5.75 Å². The number of amides is 1. The highest BCUT2D eigenvalue weighted by Crippen LogP contribution is 2.42. The SMILES string of the molecule is COc1ccc(Cl)c2c1NC(=O)C2O. The van der Waals surface area contributed by atoms with E-state index in [0.717, 1.165) is 0 Å². The average molecular weight is 214 g/mol. The summed E-state index contributed by atoms with van der Waals surface area (Å²) in [6, 6.07) is 3.22. The maximum Gasteiger partial charge on any atom is 0.258 e. The van der Waals surface area contributed by atoms with E-state index in [1.54, 1.807) is 12.1 Å². The largest absolute Gasteiger partial charge is 0.495 e. The molecule has 4 nitrogen and oxygen atoms in total. The van der Waals surface area contributed by atoms with Gasteiger partial charge in [0.2, 0.25) is 0 Å². The zero-order chi connectivity index (χ0) is 10.3. The molecule has 1 unspecified atom stereocenters. The standard InChI is InChI=1S/C9H8ClNO3/c1-14-5-3-2-4(10)6-7(5)11-9(13)8(6)12/h2-3,8,12H,1H3,(H,11,13). The normalized spacial score (nSPS) is 19.1. The summed E-state index contributed by atoms with van der Waals surface area (Å²) in [5.74, 6) is 0.0145. The number of halogens is 1. The van der Waals surface area contributed by atoms with Crippen LogP contribution in [0.25, 0.3) is 0 Å². The summed E-state index contributed by atoms with van der Waals surface area (Å²) in [4.78, 5) is 11.2. The molecular weight excluding hydrogens is 206 g/mol. The van der Waals surface area contributed by atoms with Crippen molar-refractivity contribution in [1.29, 1.82) is 0 Å². The van der Waals surface area contributed by atoms with Gasteiger partial charge in [0.25, 0.3) is 5.91 Å². The summed E-state index contributed by atoms with van der Waals surface area (Å²) in [6.45, 7) is 0. The van der Waals surface area contributed by atoms with Crippen LogP contribution in [0.2, 0.25) is 5.02 Å². The fourth-order valence-electron chi connectivity index (χ4n) is 1.46. The van der Waals surface area contributed by atoms with Crippen molar-refractivity contribution in [3.05, 3.63) is 22.7 Å². The van der Waals surface area contributed by atoms with Crippen LogP contribution >= 0.6 is 11.6 Å². The molecule has 0 saturated carbocycles. The van der Waals surface area contributed by atoms with Gasteiger partial charge in [-0.05, 0) is 12.1 Å². The maximum atomic E-state index is 11.2. The molecule has 1 atom stereocenters. The van der Waals surface area contributed by atoms with Crippen LogP contribution in [0.5, 0.6) is 5.75 Å². The van der Waals surface area contributed by atoms with Crippen LogP contribution in [0.1, 0.15) is 11.7 Å². The average Bonchev–Trinajstić information content (AvgIpc) is 2.45. The van der Waals surface area contributed by atoms with Crippen molar-refractivity contribution in [3.63, 3.8) is 0 Å². The van der Waals surface area contributed by atoms with E-state index in [-0.39, 0.29) is 0 Å². The summed E-state index contributed by atoms with van der Waals surface area (Å²) < 4.78 is 5.02. The molecule has 0 aromatic heterocycles. The van der Waals surface area contributed by atoms with Gasteiger partial charge in [-0.2, -0.15) is 0 Å². The number of carbonyl (C=O) groups excluding carboxylic acids is 1. The lowest BCUT2D eigenvalue weighted by atomic mass is 10.1. The fourth-order valence-corrected chi connectivity index (χ4v) is 1.72. The Bertz CT molecular complexity index is 405. The summed E-state index contributed by atoms with van der Waals surface area (Å²) in [7, 11) is 1.49. The molecule has 0 fully saturated rings. The fraction of sp³-hybridized carbons (Fsp3) is 0.222. The predicted molar refractivity (Wildman–Crippen MR) is 51.6 cm³/mol. The molecule has 1 aromatic carbocycles. The summed E-state index contributed by atoms with van der Waals surface area (Å²) in [6.07, 6.45) is -1.20. The molecule has 2 N–H and O–H groups in total. The first-order valence-corrected chi connectivity index (χ1v) is 4.38. The number of benzene rings is 1. The van der Waals surface area contributed by atoms with Gasteiger partial charge < -0.3 is 15.2 Å². The van der Waals surface area contributed by atoms with Crippen LogP contribution in [0.3, 0.4) is 0 Å². The van der Waals surface area contributed by atoms with Crippen molar-refractivity contribution in [2.24, 2.45) is 0 Å². The number of aliphatic hydroxyl groups excluding tert-OH is 1. The molecular formula is C9H8ClNO3. The minimum absolute atomic E-state index is 0.353. The number of ether oxygens (including phenoxy) is 1. The van der Waals surface area contributed by atoms with E-state index in [0.29, 0.717) is 22.0 Å². The third-order valence-corrected chi connectivity index (χ3v) is 2.47. The van der Waals surface area contributed by atoms with Gasteiger partial charge in [-0.3, -0.25) is 4.79 Å². The number of anilines is 1. The molecule has 1 heterocycles. The molecule has 74 valence electrons. The van der Waals surface area contributed by atoms with E-state index >= 15 is 0 Å². The number of aliphatic hydroxyl groups is 1. The molecule has 0 radical (unpaired) electrons. The lowest BCUT2D eigenvalue weighted by Crippen LogP contribution is -2.10. The predicted octanol–water partition coefficient (Wildman–Crippen LogP) is 1.33. The first kappa shape index (κ1) is 9.30. The van der Waals surface area contributed by atoms with Gasteiger partial charge in [0.05, 0.1) is 12.8 Å². The zero-order valence-corrected chi connectivity index (χ0v) is 8.13. The minimum Gasteiger partial charge on any atom is -0.495 e. The molecule has 0 spiro atoms. The highest BCUT2D eigenvalue weighted by Gasteiger charge is 2.33. The van der Waals surface area contributed by atoms with E-state index in [2.05, 4.69) is 5.32 Å². The van der Waals surface area contributed by atoms with E-state index in [1.165, 1.54) is 7.11 Å². The van der Waals surface area contributed by atoms with E-state index < -0.39 is 12.0 Å². The third-order valence-electron chi connectivity index (χ3n) is 2.14. The first-order chi connectivity index (χ1) is 6.65. The van der Waals surface area contributed by atoms with Gasteiger partial charge in [0.15, 0.2) is 6.10 Å². The van der Waals surface area contributed by atoms with E-state index in [9.17, 15) is 9.90 Å². The second-order valence-electron chi connectivity index (χ2n) is 2.93. The number of fused-ring (bicyclic) bond motifs is 1. The Morgan fingerprint density at radius 2 is 2.29 bits per heavy atom. The summed E-state index contributed by atoms with van der Waals surface area (Å²) in [5.41, 5.74) is 0.841. The smallest absolute Gasteiger partial charge is 0.258 e. The Kier molecular flexibility index (Phi) is 2.09. The van der Waals surface area contributed by atoms with E-state index in [4.69, 9.17) is 16.3 Å². The Balaban J connectivity index is 2.64. The lowest BCUT2D eigenvalue weighted by Gasteiger charge is -2.07. The molecule has 1 amide bonds. The molecule has 14 heavy (non-hydrogen) atoms. The number of hydrogen-bond donors (Lipinski definition) is 2. The molecule has 1 aliphatic rings. The highest BCUT2D eigenvalue weighted by atomic mass is 35.5. The minimum atomic E-state index is -1.20. The van der Waals surface area contributed by atoms with Gasteiger partial charge in [-0.15, -0.1) is 0 Å². The molecule has 1 aromatic rings. The topological polar surface area (TPSA) is 58.6 Å². The van der Waals surface area contributed by atoms with Gasteiger partial charge in [-0.1, -0.05) is 11.6 Å². The van der Waals surface area contributed by atoms with Crippen molar-refractivity contribution in [3.8, 4) is 5.75 Å². The van der Waals surface area contributed by atoms with Crippen molar-refractivity contribution in [2.75, 3.05) is 12.4 Å². The van der Waals surface area contributed by atoms with Crippen molar-refractivity contribution >= 4 is 23.2 Å². The Morgan fingerprint density at radius 3 is 2.93 bits per heavy atom. The molecule has 0 aliphatic carbocycles. The van der Waals surface area contributed by atoms with Crippen LogP contribution in [0, 0.1) is 0 Å². The molecule has 2 rings (SSSR count). The number of rotatable bonds is 1. The molecule has 5 heteroatoms. The quantitative estimate of drug-likeness (QED) is 0.740. The van der Waals surface area contributed by atoms with Gasteiger partial charge in [-0.25, -0.2) is 0 Å². The molecule has 1 aliphatic heterocycles. The van der Waals surface area contributed by atoms with Crippen LogP contribution in [-0.4, -0.2) is 18.1 Å². The highest BCUT2D eigenvalue weighted by molar-refractivity contribution is 6.33. The van der Waals surface area contributed by atoms with Crippen molar-refractivity contribution < 1.29 is 14.6 Å². The number of carbonyl (C=O) groups is 1. The number of nitrogens with one attached hydrogen (secondary N) is 1.